The molecule has 3 heteroatoms. The van der Waals surface area contributed by atoms with Crippen molar-refractivity contribution in [2.45, 2.75) is 25.8 Å². The molecular weight excluding hydrogens is 128 g/mol. The summed E-state index contributed by atoms with van der Waals surface area (Å²) in [5.41, 5.74) is 5.10. The fourth-order valence-corrected chi connectivity index (χ4v) is 1.23. The van der Waals surface area contributed by atoms with Crippen LogP contribution in [0.3, 0.4) is 0 Å². The van der Waals surface area contributed by atoms with E-state index < -0.39 is 0 Å². The highest BCUT2D eigenvalue weighted by atomic mass is 16.1. The molecule has 0 spiro atoms. The number of hydrogen-bond donors (Lipinski definition) is 1. The van der Waals surface area contributed by atoms with Crippen molar-refractivity contribution < 1.29 is 4.79 Å². The fourth-order valence-electron chi connectivity index (χ4n) is 1.23. The number of nitrogens with two attached hydrogens (primary N) is 1. The van der Waals surface area contributed by atoms with Gasteiger partial charge in [0.25, 0.3) is 0 Å². The summed E-state index contributed by atoms with van der Waals surface area (Å²) < 4.78 is 0. The largest absolute Gasteiger partial charge is 0.368 e. The van der Waals surface area contributed by atoms with Crippen molar-refractivity contribution in [2.75, 3.05) is 6.54 Å². The lowest BCUT2D eigenvalue weighted by molar-refractivity contribution is -0.120. The first-order chi connectivity index (χ1) is 4.70. The van der Waals surface area contributed by atoms with Gasteiger partial charge in [0.2, 0.25) is 5.91 Å². The molecule has 1 fully saturated rings. The van der Waals surface area contributed by atoms with Crippen molar-refractivity contribution in [1.29, 1.82) is 0 Å². The van der Waals surface area contributed by atoms with Crippen LogP contribution in [0, 0.1) is 5.92 Å². The average Bonchev–Trinajstić information content (AvgIpc) is 1.88. The lowest BCUT2D eigenvalue weighted by Gasteiger charge is -2.23. The van der Waals surface area contributed by atoms with Crippen LogP contribution in [-0.2, 0) is 4.79 Å². The summed E-state index contributed by atoms with van der Waals surface area (Å²) in [4.78, 5) is 10.6. The minimum Gasteiger partial charge on any atom is -0.368 e. The van der Waals surface area contributed by atoms with Gasteiger partial charge in [-0.1, -0.05) is 6.92 Å². The molecule has 0 aromatic heterocycles. The Hall–Kier alpha value is -0.570. The van der Waals surface area contributed by atoms with Gasteiger partial charge < -0.3 is 5.73 Å². The molecule has 0 aromatic carbocycles. The molecule has 1 saturated heterocycles. The maximum Gasteiger partial charge on any atom is 0.236 e. The van der Waals surface area contributed by atoms with E-state index in [4.69, 9.17) is 5.73 Å². The summed E-state index contributed by atoms with van der Waals surface area (Å²) in [5, 5.41) is 4.10. The normalized spacial score (nSPS) is 33.7. The monoisotopic (exact) mass is 141 g/mol. The summed E-state index contributed by atoms with van der Waals surface area (Å²) in [7, 11) is 0. The van der Waals surface area contributed by atoms with E-state index in [9.17, 15) is 4.79 Å². The Morgan fingerprint density at radius 1 is 1.70 bits per heavy atom. The van der Waals surface area contributed by atoms with Crippen molar-refractivity contribution in [1.82, 2.24) is 5.32 Å². The molecule has 1 radical (unpaired) electrons. The molecule has 3 nitrogen and oxygen atoms in total. The molecule has 1 aliphatic heterocycles. The second-order valence-electron chi connectivity index (χ2n) is 2.95. The maximum absolute atomic E-state index is 10.6. The SMILES string of the molecule is CC1CC[N]C(C(N)=O)C1. The van der Waals surface area contributed by atoms with Gasteiger partial charge in [0.15, 0.2) is 0 Å². The second-order valence-corrected chi connectivity index (χ2v) is 2.95. The van der Waals surface area contributed by atoms with E-state index in [-0.39, 0.29) is 11.9 Å². The van der Waals surface area contributed by atoms with Gasteiger partial charge in [0.1, 0.15) is 6.04 Å². The molecule has 2 atom stereocenters. The molecule has 0 saturated carbocycles. The minimum absolute atomic E-state index is 0.205. The van der Waals surface area contributed by atoms with Crippen LogP contribution < -0.4 is 11.1 Å². The number of piperidine rings is 1. The highest BCUT2D eigenvalue weighted by Crippen LogP contribution is 2.15. The van der Waals surface area contributed by atoms with E-state index in [0.29, 0.717) is 5.92 Å². The fraction of sp³-hybridized carbons (Fsp3) is 0.857. The van der Waals surface area contributed by atoms with Crippen LogP contribution in [0.5, 0.6) is 0 Å². The molecule has 1 aliphatic rings. The standard InChI is InChI=1S/C7H13N2O/c1-5-2-3-9-6(4-5)7(8)10/h5-6H,2-4H2,1H3,(H2,8,10). The first-order valence-electron chi connectivity index (χ1n) is 3.66. The molecule has 57 valence electrons. The third kappa shape index (κ3) is 1.70. The van der Waals surface area contributed by atoms with Gasteiger partial charge >= 0.3 is 0 Å². The third-order valence-electron chi connectivity index (χ3n) is 1.93. The van der Waals surface area contributed by atoms with Gasteiger partial charge in [0, 0.05) is 6.54 Å². The first kappa shape index (κ1) is 7.54. The molecule has 2 N–H and O–H groups in total. The zero-order valence-corrected chi connectivity index (χ0v) is 6.21. The molecule has 2 unspecified atom stereocenters. The number of hydrogen-bond acceptors (Lipinski definition) is 1. The quantitative estimate of drug-likeness (QED) is 0.543. The van der Waals surface area contributed by atoms with Crippen molar-refractivity contribution in [2.24, 2.45) is 11.7 Å². The predicted molar refractivity (Wildman–Crippen MR) is 38.4 cm³/mol. The Kier molecular flexibility index (Phi) is 2.27. The zero-order chi connectivity index (χ0) is 7.56. The van der Waals surface area contributed by atoms with Gasteiger partial charge in [-0.2, -0.15) is 0 Å². The van der Waals surface area contributed by atoms with E-state index >= 15 is 0 Å². The number of amides is 1. The summed E-state index contributed by atoms with van der Waals surface area (Å²) in [5.74, 6) is 0.335. The molecule has 1 heterocycles. The number of carbonyl (C=O) groups excluding carboxylic acids is 1. The highest BCUT2D eigenvalue weighted by Gasteiger charge is 2.23. The van der Waals surface area contributed by atoms with E-state index in [2.05, 4.69) is 12.2 Å². The molecule has 1 rings (SSSR count). The summed E-state index contributed by atoms with van der Waals surface area (Å²) in [6.07, 6.45) is 1.94. The van der Waals surface area contributed by atoms with Crippen LogP contribution >= 0.6 is 0 Å². The molecule has 0 bridgehead atoms. The van der Waals surface area contributed by atoms with E-state index in [0.717, 1.165) is 19.4 Å². The van der Waals surface area contributed by atoms with Crippen LogP contribution in [0.4, 0.5) is 0 Å². The Labute approximate surface area is 61.0 Å². The lowest BCUT2D eigenvalue weighted by Crippen LogP contribution is -2.41. The van der Waals surface area contributed by atoms with Crippen molar-refractivity contribution >= 4 is 5.91 Å². The lowest BCUT2D eigenvalue weighted by atomic mass is 9.94. The summed E-state index contributed by atoms with van der Waals surface area (Å²) in [6.45, 7) is 2.93. The van der Waals surface area contributed by atoms with E-state index in [1.807, 2.05) is 0 Å². The first-order valence-corrected chi connectivity index (χ1v) is 3.66. The molecule has 1 amide bonds. The predicted octanol–water partition coefficient (Wildman–Crippen LogP) is -0.125. The van der Waals surface area contributed by atoms with Crippen LogP contribution in [0.15, 0.2) is 0 Å². The second kappa shape index (κ2) is 3.01. The number of carbonyl (C=O) groups is 1. The minimum atomic E-state index is -0.272. The number of rotatable bonds is 1. The zero-order valence-electron chi connectivity index (χ0n) is 6.21. The summed E-state index contributed by atoms with van der Waals surface area (Å²) in [6, 6.07) is -0.205. The molecule has 0 aromatic rings. The van der Waals surface area contributed by atoms with E-state index in [1.165, 1.54) is 0 Å². The van der Waals surface area contributed by atoms with Gasteiger partial charge in [-0.3, -0.25) is 4.79 Å². The average molecular weight is 141 g/mol. The smallest absolute Gasteiger partial charge is 0.236 e. The van der Waals surface area contributed by atoms with Crippen LogP contribution in [0.25, 0.3) is 0 Å². The topological polar surface area (TPSA) is 57.2 Å². The van der Waals surface area contributed by atoms with Crippen molar-refractivity contribution in [3.8, 4) is 0 Å². The van der Waals surface area contributed by atoms with Crippen molar-refractivity contribution in [3.05, 3.63) is 0 Å². The van der Waals surface area contributed by atoms with Crippen LogP contribution in [0.1, 0.15) is 19.8 Å². The maximum atomic E-state index is 10.6. The van der Waals surface area contributed by atoms with E-state index in [1.54, 1.807) is 0 Å². The van der Waals surface area contributed by atoms with Crippen LogP contribution in [-0.4, -0.2) is 18.5 Å². The highest BCUT2D eigenvalue weighted by molar-refractivity contribution is 5.79. The molecular formula is C7H13N2O. The van der Waals surface area contributed by atoms with Crippen LogP contribution in [0.2, 0.25) is 0 Å². The molecule has 0 aliphatic carbocycles. The molecule has 10 heavy (non-hydrogen) atoms. The Balaban J connectivity index is 2.39. The van der Waals surface area contributed by atoms with Gasteiger partial charge in [0.05, 0.1) is 0 Å². The Morgan fingerprint density at radius 2 is 2.40 bits per heavy atom. The Bertz CT molecular complexity index is 136. The van der Waals surface area contributed by atoms with Gasteiger partial charge in [-0.05, 0) is 18.8 Å². The Morgan fingerprint density at radius 3 is 2.80 bits per heavy atom. The van der Waals surface area contributed by atoms with Crippen molar-refractivity contribution in [3.63, 3.8) is 0 Å². The third-order valence-corrected chi connectivity index (χ3v) is 1.93. The van der Waals surface area contributed by atoms with Gasteiger partial charge in [-0.25, -0.2) is 5.32 Å². The number of nitrogens with zero attached hydrogens (tertiary/aromatic N) is 1. The number of primary amides is 1. The summed E-state index contributed by atoms with van der Waals surface area (Å²) >= 11 is 0. The van der Waals surface area contributed by atoms with Gasteiger partial charge in [-0.15, -0.1) is 0 Å².